The molecule has 0 radical (unpaired) electrons. The molecule has 5 rings (SSSR count). The van der Waals surface area contributed by atoms with E-state index >= 15 is 0 Å². The molecule has 1 saturated carbocycles. The highest BCUT2D eigenvalue weighted by atomic mass is 16.5. The van der Waals surface area contributed by atoms with E-state index in [2.05, 4.69) is 36.6 Å². The lowest BCUT2D eigenvalue weighted by Gasteiger charge is -2.41. The van der Waals surface area contributed by atoms with Crippen LogP contribution in [-0.2, 0) is 46.4 Å². The highest BCUT2D eigenvalue weighted by molar-refractivity contribution is 5.99. The summed E-state index contributed by atoms with van der Waals surface area (Å²) in [5.74, 6) is -5.44. The number of carbonyl (C=O) groups excluding carboxylic acids is 6. The number of aromatic amines is 1. The van der Waals surface area contributed by atoms with Crippen molar-refractivity contribution in [1.82, 2.24) is 31.6 Å². The Morgan fingerprint density at radius 2 is 1.39 bits per heavy atom. The molecular formula is C50H68N12O9. The van der Waals surface area contributed by atoms with Gasteiger partial charge in [-0.3, -0.25) is 38.6 Å². The number of hydrogen-bond donors (Lipinski definition) is 12. The van der Waals surface area contributed by atoms with E-state index in [0.29, 0.717) is 49.1 Å². The first-order valence-corrected chi connectivity index (χ1v) is 23.8. The predicted octanol–water partition coefficient (Wildman–Crippen LogP) is 0.584. The number of rotatable bonds is 27. The quantitative estimate of drug-likeness (QED) is 0.0221. The maximum atomic E-state index is 14.8. The Hall–Kier alpha value is -7.52. The molecule has 6 amide bonds. The van der Waals surface area contributed by atoms with Crippen molar-refractivity contribution in [2.24, 2.45) is 33.7 Å². The Balaban J connectivity index is 1.46. The summed E-state index contributed by atoms with van der Waals surface area (Å²) >= 11 is 0. The molecular weight excluding hydrogens is 913 g/mol. The van der Waals surface area contributed by atoms with Gasteiger partial charge in [0.15, 0.2) is 5.96 Å². The minimum absolute atomic E-state index is 0.0280. The molecule has 0 bridgehead atoms. The lowest BCUT2D eigenvalue weighted by molar-refractivity contribution is -0.141. The van der Waals surface area contributed by atoms with Gasteiger partial charge in [-0.25, -0.2) is 0 Å². The number of fused-ring (bicyclic) bond motifs is 1. The van der Waals surface area contributed by atoms with E-state index in [-0.39, 0.29) is 63.4 Å². The number of para-hydroxylation sites is 1. The van der Waals surface area contributed by atoms with Crippen LogP contribution in [0.25, 0.3) is 10.9 Å². The van der Waals surface area contributed by atoms with E-state index in [0.717, 1.165) is 16.5 Å². The summed E-state index contributed by atoms with van der Waals surface area (Å²) in [5, 5.41) is 24.2. The monoisotopic (exact) mass is 981 g/mol. The highest BCUT2D eigenvalue weighted by Gasteiger charge is 2.45. The van der Waals surface area contributed by atoms with Gasteiger partial charge >= 0.3 is 5.97 Å². The third-order valence-electron chi connectivity index (χ3n) is 12.8. The first-order valence-electron chi connectivity index (χ1n) is 23.8. The van der Waals surface area contributed by atoms with Crippen LogP contribution in [-0.4, -0.2) is 113 Å². The van der Waals surface area contributed by atoms with E-state index < -0.39 is 83.6 Å². The molecule has 0 spiro atoms. The average Bonchev–Trinajstić information content (AvgIpc) is 3.76. The van der Waals surface area contributed by atoms with Crippen molar-refractivity contribution >= 4 is 58.3 Å². The lowest BCUT2D eigenvalue weighted by Crippen LogP contribution is -2.65. The second kappa shape index (κ2) is 26.5. The van der Waals surface area contributed by atoms with Crippen LogP contribution >= 0.6 is 0 Å². The maximum Gasteiger partial charge on any atom is 0.305 e. The summed E-state index contributed by atoms with van der Waals surface area (Å²) in [4.78, 5) is 103. The van der Waals surface area contributed by atoms with Crippen LogP contribution in [0, 0.1) is 0 Å². The van der Waals surface area contributed by atoms with Crippen molar-refractivity contribution in [3.05, 3.63) is 102 Å². The van der Waals surface area contributed by atoms with E-state index in [9.17, 15) is 38.7 Å². The number of primary amides is 1. The number of nitrogens with one attached hydrogen (secondary N) is 6. The van der Waals surface area contributed by atoms with Gasteiger partial charge in [-0.05, 0) is 105 Å². The molecule has 1 aliphatic rings. The van der Waals surface area contributed by atoms with Crippen LogP contribution in [0.5, 0.6) is 5.75 Å². The number of guanidine groups is 1. The molecule has 0 aliphatic heterocycles. The minimum atomic E-state index is -1.62. The molecule has 1 aliphatic carbocycles. The van der Waals surface area contributed by atoms with Crippen molar-refractivity contribution in [3.8, 4) is 5.75 Å². The molecule has 4 aromatic rings. The van der Waals surface area contributed by atoms with Crippen LogP contribution in [0.3, 0.4) is 0 Å². The molecule has 1 aromatic heterocycles. The van der Waals surface area contributed by atoms with Gasteiger partial charge in [0.25, 0.3) is 0 Å². The second-order valence-electron chi connectivity index (χ2n) is 17.9. The molecule has 17 N–H and O–H groups in total. The fraction of sp³-hybridized carbons (Fsp3) is 0.440. The molecule has 21 nitrogen and oxygen atoms in total. The van der Waals surface area contributed by atoms with Crippen LogP contribution in [0.1, 0.15) is 86.8 Å². The molecule has 1 heterocycles. The summed E-state index contributed by atoms with van der Waals surface area (Å²) in [5.41, 5.74) is 30.0. The van der Waals surface area contributed by atoms with Gasteiger partial charge in [0.1, 0.15) is 35.5 Å². The number of aliphatic carboxylic acids is 1. The SMILES string of the molecule is COc1cccc(C2CCC(NC(=O)[C@@H](N)CC(=O)O)(C(=O)N[C@H](Cc3ccccc3)C(=O)N[C@@H](CCCN=C(N)N)C(=O)N[C@@H](Cc3c[nH]c4ccccc34)C(=O)N[C@@H](CCCCN)C(N)=O)CC2)c1. The summed E-state index contributed by atoms with van der Waals surface area (Å²) in [7, 11) is 1.56. The third kappa shape index (κ3) is 16.0. The van der Waals surface area contributed by atoms with Crippen LogP contribution < -0.4 is 60.0 Å². The van der Waals surface area contributed by atoms with Gasteiger partial charge in [-0.1, -0.05) is 60.7 Å². The smallest absolute Gasteiger partial charge is 0.305 e. The van der Waals surface area contributed by atoms with E-state index in [1.54, 1.807) is 43.6 Å². The number of carbonyl (C=O) groups is 7. The van der Waals surface area contributed by atoms with Crippen LogP contribution in [0.15, 0.2) is 90.1 Å². The van der Waals surface area contributed by atoms with Gasteiger partial charge < -0.3 is 70.1 Å². The first-order chi connectivity index (χ1) is 34.0. The minimum Gasteiger partial charge on any atom is -0.497 e. The fourth-order valence-corrected chi connectivity index (χ4v) is 8.81. The number of H-pyrrole nitrogens is 1. The van der Waals surface area contributed by atoms with Crippen molar-refractivity contribution in [2.45, 2.75) is 119 Å². The lowest BCUT2D eigenvalue weighted by atomic mass is 9.73. The number of hydrogen-bond acceptors (Lipinski definition) is 11. The number of carboxylic acids is 1. The topological polar surface area (TPSA) is 367 Å². The van der Waals surface area contributed by atoms with E-state index in [4.69, 9.17) is 33.4 Å². The number of methoxy groups -OCH3 is 1. The zero-order chi connectivity index (χ0) is 51.5. The molecule has 5 atom stereocenters. The van der Waals surface area contributed by atoms with Gasteiger partial charge in [0, 0.05) is 36.5 Å². The Morgan fingerprint density at radius 3 is 2.06 bits per heavy atom. The van der Waals surface area contributed by atoms with Crippen molar-refractivity contribution in [3.63, 3.8) is 0 Å². The summed E-state index contributed by atoms with van der Waals surface area (Å²) in [6.07, 6.45) is 3.46. The van der Waals surface area contributed by atoms with Crippen LogP contribution in [0.4, 0.5) is 0 Å². The number of nitrogens with zero attached hydrogens (tertiary/aromatic N) is 1. The Labute approximate surface area is 412 Å². The van der Waals surface area contributed by atoms with Gasteiger partial charge in [-0.2, -0.15) is 0 Å². The molecule has 0 saturated heterocycles. The number of benzene rings is 3. The van der Waals surface area contributed by atoms with Crippen molar-refractivity contribution in [2.75, 3.05) is 20.2 Å². The van der Waals surface area contributed by atoms with Gasteiger partial charge in [0.05, 0.1) is 19.6 Å². The molecule has 3 aromatic carbocycles. The van der Waals surface area contributed by atoms with Crippen molar-refractivity contribution in [1.29, 1.82) is 0 Å². The largest absolute Gasteiger partial charge is 0.497 e. The normalized spacial score (nSPS) is 17.5. The summed E-state index contributed by atoms with van der Waals surface area (Å²) in [6.45, 7) is 0.453. The standard InChI is InChI=1S/C50H68N12O9/c1-71-34-14-9-13-32(26-34)31-19-21-50(22-20-31,62-44(66)36(52)28-42(63)64)48(70)61-40(25-30-11-3-2-4-12-30)46(68)59-39(18-10-24-56-49(54)55)45(67)60-41(27-33-29-57-37-16-6-5-15-35(33)37)47(69)58-38(43(53)65)17-7-8-23-51/h2-6,9,11-16,26,29,31,36,38-41,57H,7-8,10,17-25,27-28,51-52H2,1H3,(H2,53,65)(H,58,69)(H,59,68)(H,60,67)(H,61,70)(H,62,66)(H,63,64)(H4,54,55,56)/t31?,36-,38-,39-,40+,41-,50?/m0/s1. The van der Waals surface area contributed by atoms with Crippen LogP contribution in [0.2, 0.25) is 0 Å². The Kier molecular flexibility index (Phi) is 20.3. The molecule has 21 heteroatoms. The third-order valence-corrected chi connectivity index (χ3v) is 12.8. The zero-order valence-electron chi connectivity index (χ0n) is 40.0. The molecule has 0 unspecified atom stereocenters. The molecule has 382 valence electrons. The Morgan fingerprint density at radius 1 is 0.761 bits per heavy atom. The summed E-state index contributed by atoms with van der Waals surface area (Å²) < 4.78 is 5.43. The molecule has 1 fully saturated rings. The number of nitrogens with two attached hydrogens (primary N) is 5. The highest BCUT2D eigenvalue weighted by Crippen LogP contribution is 2.39. The summed E-state index contributed by atoms with van der Waals surface area (Å²) in [6, 6.07) is 17.3. The first kappa shape index (κ1) is 54.4. The number of carboxylic acid groups (broad SMARTS) is 1. The number of ether oxygens (including phenoxy) is 1. The zero-order valence-corrected chi connectivity index (χ0v) is 40.0. The van der Waals surface area contributed by atoms with Gasteiger partial charge in [-0.15, -0.1) is 0 Å². The predicted molar refractivity (Wildman–Crippen MR) is 267 cm³/mol. The number of unbranched alkanes of at least 4 members (excludes halogenated alkanes) is 1. The number of aliphatic imine (C=N–C) groups is 1. The van der Waals surface area contributed by atoms with E-state index in [1.165, 1.54) is 0 Å². The van der Waals surface area contributed by atoms with Gasteiger partial charge in [0.2, 0.25) is 35.4 Å². The maximum absolute atomic E-state index is 14.8. The molecule has 71 heavy (non-hydrogen) atoms. The van der Waals surface area contributed by atoms with E-state index in [1.807, 2.05) is 48.5 Å². The number of amides is 6. The second-order valence-corrected chi connectivity index (χ2v) is 17.9. The Bertz CT molecular complexity index is 2490. The van der Waals surface area contributed by atoms with Crippen molar-refractivity contribution < 1.29 is 43.4 Å². The fourth-order valence-electron chi connectivity index (χ4n) is 8.81. The average molecular weight is 981 g/mol. The number of aromatic nitrogens is 1.